The van der Waals surface area contributed by atoms with E-state index in [1.54, 1.807) is 26.4 Å². The van der Waals surface area contributed by atoms with Gasteiger partial charge < -0.3 is 14.2 Å². The van der Waals surface area contributed by atoms with Crippen molar-refractivity contribution < 1.29 is 19.0 Å². The second kappa shape index (κ2) is 10.1. The third-order valence-corrected chi connectivity index (χ3v) is 5.09. The number of carbonyl (C=O) groups excluding carboxylic acids is 1. The van der Waals surface area contributed by atoms with Gasteiger partial charge in [0.15, 0.2) is 17.3 Å². The molecule has 0 N–H and O–H groups in total. The SMILES string of the molecule is CCOc1cccc(/C=C/C(=O)c2ccc(OC)c(CN3CCCC3)c2)c1OC. The Morgan fingerprint density at radius 1 is 1.07 bits per heavy atom. The molecule has 1 heterocycles. The van der Waals surface area contributed by atoms with Crippen molar-refractivity contribution in [2.75, 3.05) is 33.9 Å². The van der Waals surface area contributed by atoms with Crippen LogP contribution in [0.4, 0.5) is 0 Å². The van der Waals surface area contributed by atoms with Gasteiger partial charge in [0.1, 0.15) is 5.75 Å². The number of ketones is 1. The van der Waals surface area contributed by atoms with Crippen LogP contribution in [0.3, 0.4) is 0 Å². The molecular weight excluding hydrogens is 366 g/mol. The van der Waals surface area contributed by atoms with Crippen molar-refractivity contribution in [2.24, 2.45) is 0 Å². The molecule has 0 bridgehead atoms. The van der Waals surface area contributed by atoms with Gasteiger partial charge in [-0.15, -0.1) is 0 Å². The zero-order valence-electron chi connectivity index (χ0n) is 17.4. The van der Waals surface area contributed by atoms with E-state index in [-0.39, 0.29) is 5.78 Å². The van der Waals surface area contributed by atoms with Crippen molar-refractivity contribution in [1.29, 1.82) is 0 Å². The summed E-state index contributed by atoms with van der Waals surface area (Å²) in [6.07, 6.45) is 5.81. The summed E-state index contributed by atoms with van der Waals surface area (Å²) in [4.78, 5) is 15.2. The van der Waals surface area contributed by atoms with Crippen LogP contribution in [0.5, 0.6) is 17.2 Å². The molecule has 1 fully saturated rings. The molecule has 2 aromatic rings. The second-order valence-corrected chi connectivity index (χ2v) is 7.02. The zero-order valence-corrected chi connectivity index (χ0v) is 17.4. The molecule has 0 aliphatic carbocycles. The fourth-order valence-corrected chi connectivity index (χ4v) is 3.65. The van der Waals surface area contributed by atoms with Gasteiger partial charge in [-0.3, -0.25) is 9.69 Å². The summed E-state index contributed by atoms with van der Waals surface area (Å²) in [6, 6.07) is 11.3. The van der Waals surface area contributed by atoms with E-state index in [9.17, 15) is 4.79 Å². The van der Waals surface area contributed by atoms with Gasteiger partial charge >= 0.3 is 0 Å². The smallest absolute Gasteiger partial charge is 0.185 e. The van der Waals surface area contributed by atoms with Gasteiger partial charge in [0.05, 0.1) is 20.8 Å². The fraction of sp³-hybridized carbons (Fsp3) is 0.375. The maximum Gasteiger partial charge on any atom is 0.185 e. The minimum absolute atomic E-state index is 0.0563. The molecule has 1 aliphatic rings. The third-order valence-electron chi connectivity index (χ3n) is 5.09. The molecule has 1 aliphatic heterocycles. The van der Waals surface area contributed by atoms with Gasteiger partial charge in [-0.05, 0) is 69.3 Å². The van der Waals surface area contributed by atoms with Crippen LogP contribution in [0, 0.1) is 0 Å². The Kier molecular flexibility index (Phi) is 7.30. The number of benzene rings is 2. The lowest BCUT2D eigenvalue weighted by atomic mass is 10.0. The first-order valence-corrected chi connectivity index (χ1v) is 10.1. The van der Waals surface area contributed by atoms with Gasteiger partial charge in [-0.25, -0.2) is 0 Å². The van der Waals surface area contributed by atoms with E-state index in [0.29, 0.717) is 23.7 Å². The number of methoxy groups -OCH3 is 2. The maximum atomic E-state index is 12.8. The van der Waals surface area contributed by atoms with Crippen molar-refractivity contribution in [3.8, 4) is 17.2 Å². The Morgan fingerprint density at radius 3 is 2.55 bits per heavy atom. The number of nitrogens with zero attached hydrogens (tertiary/aromatic N) is 1. The lowest BCUT2D eigenvalue weighted by Crippen LogP contribution is -2.19. The average Bonchev–Trinajstić information content (AvgIpc) is 3.25. The predicted octanol–water partition coefficient (Wildman–Crippen LogP) is 4.59. The van der Waals surface area contributed by atoms with Crippen LogP contribution in [0.15, 0.2) is 42.5 Å². The number of allylic oxidation sites excluding steroid dienone is 1. The highest BCUT2D eigenvalue weighted by atomic mass is 16.5. The molecule has 0 spiro atoms. The molecule has 0 radical (unpaired) electrons. The van der Waals surface area contributed by atoms with Crippen molar-refractivity contribution in [3.63, 3.8) is 0 Å². The third kappa shape index (κ3) is 5.18. The van der Waals surface area contributed by atoms with Crippen LogP contribution in [-0.4, -0.2) is 44.6 Å². The summed E-state index contributed by atoms with van der Waals surface area (Å²) in [5.41, 5.74) is 2.50. The highest BCUT2D eigenvalue weighted by Crippen LogP contribution is 2.32. The minimum atomic E-state index is -0.0563. The Labute approximate surface area is 172 Å². The molecule has 154 valence electrons. The van der Waals surface area contributed by atoms with Crippen LogP contribution in [0.1, 0.15) is 41.3 Å². The maximum absolute atomic E-state index is 12.8. The first-order valence-electron chi connectivity index (χ1n) is 10.1. The molecule has 5 heteroatoms. The first kappa shape index (κ1) is 20.9. The van der Waals surface area contributed by atoms with Gasteiger partial charge in [0, 0.05) is 23.2 Å². The fourth-order valence-electron chi connectivity index (χ4n) is 3.65. The van der Waals surface area contributed by atoms with Gasteiger partial charge in [-0.1, -0.05) is 12.1 Å². The topological polar surface area (TPSA) is 48.0 Å². The van der Waals surface area contributed by atoms with Gasteiger partial charge in [0.2, 0.25) is 0 Å². The molecule has 5 nitrogen and oxygen atoms in total. The molecule has 0 atom stereocenters. The van der Waals surface area contributed by atoms with E-state index in [2.05, 4.69) is 4.90 Å². The zero-order chi connectivity index (χ0) is 20.6. The molecule has 0 amide bonds. The first-order chi connectivity index (χ1) is 14.2. The van der Waals surface area contributed by atoms with E-state index in [4.69, 9.17) is 14.2 Å². The molecular formula is C24H29NO4. The van der Waals surface area contributed by atoms with E-state index in [1.807, 2.05) is 43.3 Å². The monoisotopic (exact) mass is 395 g/mol. The van der Waals surface area contributed by atoms with Crippen molar-refractivity contribution in [1.82, 2.24) is 4.90 Å². The van der Waals surface area contributed by atoms with Crippen LogP contribution < -0.4 is 14.2 Å². The molecule has 29 heavy (non-hydrogen) atoms. The Bertz CT molecular complexity index is 869. The van der Waals surface area contributed by atoms with E-state index in [0.717, 1.165) is 36.5 Å². The van der Waals surface area contributed by atoms with E-state index in [1.165, 1.54) is 12.8 Å². The molecule has 2 aromatic carbocycles. The Balaban J connectivity index is 1.81. The number of carbonyl (C=O) groups is 1. The lowest BCUT2D eigenvalue weighted by Gasteiger charge is -2.17. The average molecular weight is 395 g/mol. The van der Waals surface area contributed by atoms with E-state index >= 15 is 0 Å². The summed E-state index contributed by atoms with van der Waals surface area (Å²) < 4.78 is 16.6. The van der Waals surface area contributed by atoms with Crippen molar-refractivity contribution in [3.05, 3.63) is 59.2 Å². The standard InChI is InChI=1S/C24H29NO4/c1-4-29-23-9-7-8-18(24(23)28-3)10-12-21(26)19-11-13-22(27-2)20(16-19)17-25-14-5-6-15-25/h7-13,16H,4-6,14-15,17H2,1-3H3/b12-10+. The molecule has 3 rings (SSSR count). The summed E-state index contributed by atoms with van der Waals surface area (Å²) in [6.45, 7) is 5.47. The number of para-hydroxylation sites is 1. The normalized spacial score (nSPS) is 14.3. The van der Waals surface area contributed by atoms with Crippen LogP contribution in [-0.2, 0) is 6.54 Å². The van der Waals surface area contributed by atoms with E-state index < -0.39 is 0 Å². The second-order valence-electron chi connectivity index (χ2n) is 7.02. The summed E-state index contributed by atoms with van der Waals surface area (Å²) in [5.74, 6) is 2.06. The summed E-state index contributed by atoms with van der Waals surface area (Å²) in [5, 5.41) is 0. The van der Waals surface area contributed by atoms with Crippen LogP contribution >= 0.6 is 0 Å². The minimum Gasteiger partial charge on any atom is -0.496 e. The molecule has 0 saturated carbocycles. The Morgan fingerprint density at radius 2 is 1.86 bits per heavy atom. The van der Waals surface area contributed by atoms with Crippen molar-refractivity contribution in [2.45, 2.75) is 26.3 Å². The quantitative estimate of drug-likeness (QED) is 0.459. The predicted molar refractivity (Wildman–Crippen MR) is 115 cm³/mol. The summed E-state index contributed by atoms with van der Waals surface area (Å²) >= 11 is 0. The highest BCUT2D eigenvalue weighted by Gasteiger charge is 2.16. The molecule has 0 aromatic heterocycles. The van der Waals surface area contributed by atoms with Crippen LogP contribution in [0.25, 0.3) is 6.08 Å². The lowest BCUT2D eigenvalue weighted by molar-refractivity contribution is 0.104. The largest absolute Gasteiger partial charge is 0.496 e. The van der Waals surface area contributed by atoms with Gasteiger partial charge in [-0.2, -0.15) is 0 Å². The molecule has 1 saturated heterocycles. The highest BCUT2D eigenvalue weighted by molar-refractivity contribution is 6.07. The summed E-state index contributed by atoms with van der Waals surface area (Å²) in [7, 11) is 3.27. The van der Waals surface area contributed by atoms with Gasteiger partial charge in [0.25, 0.3) is 0 Å². The number of rotatable bonds is 9. The Hall–Kier alpha value is -2.79. The van der Waals surface area contributed by atoms with Crippen molar-refractivity contribution >= 4 is 11.9 Å². The number of ether oxygens (including phenoxy) is 3. The number of hydrogen-bond acceptors (Lipinski definition) is 5. The number of likely N-dealkylation sites (tertiary alicyclic amines) is 1. The number of hydrogen-bond donors (Lipinski definition) is 0. The van der Waals surface area contributed by atoms with Crippen LogP contribution in [0.2, 0.25) is 0 Å². The molecule has 0 unspecified atom stereocenters.